The van der Waals surface area contributed by atoms with Crippen LogP contribution in [0.2, 0.25) is 0 Å². The molecule has 28 heavy (non-hydrogen) atoms. The maximum atomic E-state index is 12.4. The van der Waals surface area contributed by atoms with E-state index >= 15 is 0 Å². The van der Waals surface area contributed by atoms with Crippen molar-refractivity contribution < 1.29 is 28.9 Å². The monoisotopic (exact) mass is 385 g/mol. The number of hydrogen-bond acceptors (Lipinski definition) is 7. The molecule has 0 aliphatic rings. The molecule has 0 aliphatic carbocycles. The molecule has 0 saturated carbocycles. The molecule has 0 radical (unpaired) electrons. The Kier molecular flexibility index (Phi) is 7.38. The number of hydrogen-bond donors (Lipinski definition) is 1. The van der Waals surface area contributed by atoms with Crippen LogP contribution >= 0.6 is 0 Å². The van der Waals surface area contributed by atoms with E-state index in [2.05, 4.69) is 10.5 Å². The van der Waals surface area contributed by atoms with Gasteiger partial charge in [-0.1, -0.05) is 6.92 Å². The number of methoxy groups -OCH3 is 2. The lowest BCUT2D eigenvalue weighted by molar-refractivity contribution is -0.307. The van der Waals surface area contributed by atoms with E-state index < -0.39 is 18.5 Å². The van der Waals surface area contributed by atoms with Crippen LogP contribution in [-0.2, 0) is 4.79 Å². The molecular formula is C20H21N2O6-. The zero-order chi connectivity index (χ0) is 20.5. The lowest BCUT2D eigenvalue weighted by Crippen LogP contribution is -2.28. The molecule has 2 aromatic rings. The first-order chi connectivity index (χ1) is 13.5. The molecule has 148 valence electrons. The van der Waals surface area contributed by atoms with Crippen LogP contribution < -0.4 is 24.7 Å². The highest BCUT2D eigenvalue weighted by Gasteiger charge is 2.10. The summed E-state index contributed by atoms with van der Waals surface area (Å²) in [5.74, 6) is -0.308. The number of hydrazone groups is 1. The van der Waals surface area contributed by atoms with E-state index in [-0.39, 0.29) is 0 Å². The summed E-state index contributed by atoms with van der Waals surface area (Å²) < 4.78 is 15.4. The molecule has 0 heterocycles. The van der Waals surface area contributed by atoms with Crippen molar-refractivity contribution in [1.82, 2.24) is 5.43 Å². The van der Waals surface area contributed by atoms with Gasteiger partial charge in [0.05, 0.1) is 25.9 Å². The van der Waals surface area contributed by atoms with Crippen LogP contribution in [0.15, 0.2) is 47.6 Å². The molecule has 0 aliphatic heterocycles. The van der Waals surface area contributed by atoms with Crippen LogP contribution in [0.4, 0.5) is 0 Å². The Bertz CT molecular complexity index is 839. The predicted octanol–water partition coefficient (Wildman–Crippen LogP) is 1.38. The second kappa shape index (κ2) is 9.96. The minimum atomic E-state index is -1.29. The SMILES string of the molecule is CC/C(=N/NC(=O)c1cc(OC)cc(OC)c1)c1ccc(OCC(=O)[O-])cc1. The van der Waals surface area contributed by atoms with Gasteiger partial charge in [-0.25, -0.2) is 5.43 Å². The van der Waals surface area contributed by atoms with Crippen molar-refractivity contribution in [3.63, 3.8) is 0 Å². The summed E-state index contributed by atoms with van der Waals surface area (Å²) in [5.41, 5.74) is 4.29. The third-order valence-electron chi connectivity index (χ3n) is 3.79. The molecule has 8 heteroatoms. The van der Waals surface area contributed by atoms with Gasteiger partial charge in [0, 0.05) is 11.6 Å². The number of benzene rings is 2. The fourth-order valence-electron chi connectivity index (χ4n) is 2.35. The lowest BCUT2D eigenvalue weighted by atomic mass is 10.1. The Labute approximate surface area is 162 Å². The Morgan fingerprint density at radius 1 is 0.964 bits per heavy atom. The van der Waals surface area contributed by atoms with Gasteiger partial charge in [-0.3, -0.25) is 4.79 Å². The maximum Gasteiger partial charge on any atom is 0.271 e. The zero-order valence-corrected chi connectivity index (χ0v) is 15.9. The third kappa shape index (κ3) is 5.73. The van der Waals surface area contributed by atoms with Gasteiger partial charge in [0.15, 0.2) is 0 Å². The summed E-state index contributed by atoms with van der Waals surface area (Å²) in [6.45, 7) is 1.38. The highest BCUT2D eigenvalue weighted by atomic mass is 16.5. The van der Waals surface area contributed by atoms with Crippen molar-refractivity contribution in [3.8, 4) is 17.2 Å². The number of nitrogens with zero attached hydrogens (tertiary/aromatic N) is 1. The molecule has 0 aromatic heterocycles. The van der Waals surface area contributed by atoms with E-state index in [0.717, 1.165) is 5.56 Å². The predicted molar refractivity (Wildman–Crippen MR) is 101 cm³/mol. The van der Waals surface area contributed by atoms with Gasteiger partial charge in [0.2, 0.25) is 0 Å². The van der Waals surface area contributed by atoms with E-state index in [1.807, 2.05) is 6.92 Å². The van der Waals surface area contributed by atoms with Gasteiger partial charge in [0.25, 0.3) is 5.91 Å². The Morgan fingerprint density at radius 3 is 2.07 bits per heavy atom. The molecule has 0 atom stereocenters. The lowest BCUT2D eigenvalue weighted by Gasteiger charge is -2.10. The van der Waals surface area contributed by atoms with Crippen LogP contribution in [0.5, 0.6) is 17.2 Å². The number of rotatable bonds is 9. The number of carboxylic acids is 1. The van der Waals surface area contributed by atoms with Crippen molar-refractivity contribution in [2.24, 2.45) is 5.10 Å². The molecule has 8 nitrogen and oxygen atoms in total. The summed E-state index contributed by atoms with van der Waals surface area (Å²) in [5, 5.41) is 14.6. The van der Waals surface area contributed by atoms with Crippen LogP contribution in [0, 0.1) is 0 Å². The Morgan fingerprint density at radius 2 is 1.57 bits per heavy atom. The summed E-state index contributed by atoms with van der Waals surface area (Å²) in [6, 6.07) is 11.5. The van der Waals surface area contributed by atoms with Crippen LogP contribution in [0.25, 0.3) is 0 Å². The Balaban J connectivity index is 2.12. The van der Waals surface area contributed by atoms with Crippen LogP contribution in [-0.4, -0.2) is 38.4 Å². The Hall–Kier alpha value is -3.55. The second-order valence-corrected chi connectivity index (χ2v) is 5.64. The van der Waals surface area contributed by atoms with Crippen LogP contribution in [0.1, 0.15) is 29.3 Å². The molecule has 0 unspecified atom stereocenters. The molecule has 0 bridgehead atoms. The van der Waals surface area contributed by atoms with E-state index in [1.54, 1.807) is 42.5 Å². The molecule has 1 N–H and O–H groups in total. The molecule has 0 saturated heterocycles. The normalized spacial score (nSPS) is 10.9. The van der Waals surface area contributed by atoms with Gasteiger partial charge in [-0.05, 0) is 48.4 Å². The minimum Gasteiger partial charge on any atom is -0.546 e. The van der Waals surface area contributed by atoms with E-state index in [9.17, 15) is 14.7 Å². The molecule has 0 spiro atoms. The molecule has 0 fully saturated rings. The van der Waals surface area contributed by atoms with Gasteiger partial charge in [-0.15, -0.1) is 0 Å². The van der Waals surface area contributed by atoms with Gasteiger partial charge < -0.3 is 24.1 Å². The van der Waals surface area contributed by atoms with E-state index in [0.29, 0.717) is 34.9 Å². The van der Waals surface area contributed by atoms with Crippen molar-refractivity contribution >= 4 is 17.6 Å². The quantitative estimate of drug-likeness (QED) is 0.516. The number of aliphatic carboxylic acids is 1. The maximum absolute atomic E-state index is 12.4. The highest BCUT2D eigenvalue weighted by Crippen LogP contribution is 2.22. The average Bonchev–Trinajstić information content (AvgIpc) is 2.72. The standard InChI is InChI=1S/C20H22N2O6/c1-4-18(13-5-7-15(8-6-13)28-12-19(23)24)21-22-20(25)14-9-16(26-2)11-17(10-14)27-3/h5-11H,4,12H2,1-3H3,(H,22,25)(H,23,24)/p-1/b21-18-. The first-order valence-electron chi connectivity index (χ1n) is 8.49. The first kappa shape index (κ1) is 20.8. The number of amides is 1. The number of carbonyl (C=O) groups is 2. The molecule has 1 amide bonds. The number of ether oxygens (including phenoxy) is 3. The molecule has 2 rings (SSSR count). The second-order valence-electron chi connectivity index (χ2n) is 5.64. The summed E-state index contributed by atoms with van der Waals surface area (Å²) >= 11 is 0. The van der Waals surface area contributed by atoms with E-state index in [4.69, 9.17) is 14.2 Å². The molecule has 2 aromatic carbocycles. The first-order valence-corrected chi connectivity index (χ1v) is 8.49. The summed E-state index contributed by atoms with van der Waals surface area (Å²) in [4.78, 5) is 22.9. The summed E-state index contributed by atoms with van der Waals surface area (Å²) in [6.07, 6.45) is 0.570. The minimum absolute atomic E-state index is 0.349. The summed E-state index contributed by atoms with van der Waals surface area (Å²) in [7, 11) is 3.01. The third-order valence-corrected chi connectivity index (χ3v) is 3.79. The van der Waals surface area contributed by atoms with Crippen molar-refractivity contribution in [2.75, 3.05) is 20.8 Å². The smallest absolute Gasteiger partial charge is 0.271 e. The zero-order valence-electron chi connectivity index (χ0n) is 15.9. The highest BCUT2D eigenvalue weighted by molar-refractivity contribution is 6.02. The van der Waals surface area contributed by atoms with Gasteiger partial charge in [-0.2, -0.15) is 5.10 Å². The van der Waals surface area contributed by atoms with Gasteiger partial charge >= 0.3 is 0 Å². The fourth-order valence-corrected chi connectivity index (χ4v) is 2.35. The molecular weight excluding hydrogens is 364 g/mol. The number of carbonyl (C=O) groups excluding carboxylic acids is 2. The van der Waals surface area contributed by atoms with Gasteiger partial charge in [0.1, 0.15) is 23.9 Å². The fraction of sp³-hybridized carbons (Fsp3) is 0.250. The van der Waals surface area contributed by atoms with E-state index in [1.165, 1.54) is 14.2 Å². The largest absolute Gasteiger partial charge is 0.546 e. The average molecular weight is 385 g/mol. The number of carboxylic acid groups (broad SMARTS) is 1. The van der Waals surface area contributed by atoms with Crippen molar-refractivity contribution in [1.29, 1.82) is 0 Å². The van der Waals surface area contributed by atoms with Crippen molar-refractivity contribution in [2.45, 2.75) is 13.3 Å². The topological polar surface area (TPSA) is 109 Å². The van der Waals surface area contributed by atoms with Crippen molar-refractivity contribution in [3.05, 3.63) is 53.6 Å². The van der Waals surface area contributed by atoms with Crippen LogP contribution in [0.3, 0.4) is 0 Å². The number of nitrogens with one attached hydrogen (secondary N) is 1.